The van der Waals surface area contributed by atoms with Crippen LogP contribution >= 0.6 is 11.8 Å². The Balaban J connectivity index is 2.33. The summed E-state index contributed by atoms with van der Waals surface area (Å²) < 4.78 is 5.49. The number of methoxy groups -OCH3 is 1. The van der Waals surface area contributed by atoms with Crippen molar-refractivity contribution in [2.45, 2.75) is 45.5 Å². The Labute approximate surface area is 160 Å². The van der Waals surface area contributed by atoms with E-state index < -0.39 is 6.04 Å². The first-order valence-electron chi connectivity index (χ1n) is 9.18. The monoisotopic (exact) mass is 378 g/mol. The van der Waals surface area contributed by atoms with Gasteiger partial charge >= 0.3 is 0 Å². The lowest BCUT2D eigenvalue weighted by Gasteiger charge is -2.33. The summed E-state index contributed by atoms with van der Waals surface area (Å²) in [7, 11) is 1.63. The molecule has 1 aromatic rings. The highest BCUT2D eigenvalue weighted by Crippen LogP contribution is 2.44. The Bertz CT molecular complexity index is 633. The van der Waals surface area contributed by atoms with Crippen LogP contribution in [-0.2, 0) is 9.59 Å². The fourth-order valence-corrected chi connectivity index (χ4v) is 4.35. The van der Waals surface area contributed by atoms with Crippen LogP contribution in [0.25, 0.3) is 0 Å². The van der Waals surface area contributed by atoms with Gasteiger partial charge < -0.3 is 15.0 Å². The smallest absolute Gasteiger partial charge is 0.242 e. The van der Waals surface area contributed by atoms with E-state index >= 15 is 0 Å². The predicted molar refractivity (Wildman–Crippen MR) is 106 cm³/mol. The summed E-state index contributed by atoms with van der Waals surface area (Å²) in [4.78, 5) is 27.4. The number of nitrogens with zero attached hydrogens (tertiary/aromatic N) is 1. The standard InChI is InChI=1S/C20H30N2O3S/c1-13(2)10-16(19(24)21-11-14(3)4)22-18(23)12-26-20(22)15-8-6-7-9-17(15)25-5/h6-9,13-14,16,20H,10-12H2,1-5H3,(H,21,24). The zero-order chi connectivity index (χ0) is 19.3. The van der Waals surface area contributed by atoms with E-state index in [-0.39, 0.29) is 17.2 Å². The van der Waals surface area contributed by atoms with Gasteiger partial charge in [-0.3, -0.25) is 9.59 Å². The summed E-state index contributed by atoms with van der Waals surface area (Å²) >= 11 is 1.55. The minimum absolute atomic E-state index is 0.0104. The predicted octanol–water partition coefficient (Wildman–Crippen LogP) is 3.46. The summed E-state index contributed by atoms with van der Waals surface area (Å²) in [6, 6.07) is 7.25. The molecule has 0 radical (unpaired) electrons. The molecule has 1 N–H and O–H groups in total. The van der Waals surface area contributed by atoms with Crippen LogP contribution in [0.3, 0.4) is 0 Å². The van der Waals surface area contributed by atoms with E-state index in [0.717, 1.165) is 11.3 Å². The number of hydrogen-bond acceptors (Lipinski definition) is 4. The maximum Gasteiger partial charge on any atom is 0.242 e. The van der Waals surface area contributed by atoms with Gasteiger partial charge in [-0.05, 0) is 24.3 Å². The third-order valence-corrected chi connectivity index (χ3v) is 5.54. The normalized spacial score (nSPS) is 18.5. The summed E-state index contributed by atoms with van der Waals surface area (Å²) in [5.41, 5.74) is 0.941. The number of carbonyl (C=O) groups excluding carboxylic acids is 2. The van der Waals surface area contributed by atoms with Gasteiger partial charge in [-0.2, -0.15) is 0 Å². The van der Waals surface area contributed by atoms with Crippen molar-refractivity contribution in [1.82, 2.24) is 10.2 Å². The Kier molecular flexibility index (Phi) is 7.38. The van der Waals surface area contributed by atoms with Crippen LogP contribution in [0.2, 0.25) is 0 Å². The van der Waals surface area contributed by atoms with Gasteiger partial charge in [0.2, 0.25) is 11.8 Å². The first-order valence-corrected chi connectivity index (χ1v) is 10.2. The average Bonchev–Trinajstić information content (AvgIpc) is 2.98. The second-order valence-electron chi connectivity index (χ2n) is 7.49. The van der Waals surface area contributed by atoms with Crippen molar-refractivity contribution >= 4 is 23.6 Å². The Hall–Kier alpha value is -1.69. The molecule has 1 aromatic carbocycles. The van der Waals surface area contributed by atoms with Gasteiger partial charge in [0.1, 0.15) is 17.2 Å². The van der Waals surface area contributed by atoms with Crippen LogP contribution < -0.4 is 10.1 Å². The highest BCUT2D eigenvalue weighted by atomic mass is 32.2. The molecule has 1 saturated heterocycles. The molecule has 2 amide bonds. The number of hydrogen-bond donors (Lipinski definition) is 1. The van der Waals surface area contributed by atoms with Crippen molar-refractivity contribution in [3.63, 3.8) is 0 Å². The summed E-state index contributed by atoms with van der Waals surface area (Å²) in [5, 5.41) is 2.81. The Morgan fingerprint density at radius 3 is 2.58 bits per heavy atom. The fourth-order valence-electron chi connectivity index (χ4n) is 3.10. The average molecular weight is 379 g/mol. The maximum absolute atomic E-state index is 12.9. The number of thioether (sulfide) groups is 1. The molecule has 0 aliphatic carbocycles. The number of benzene rings is 1. The fraction of sp³-hybridized carbons (Fsp3) is 0.600. The first kappa shape index (κ1) is 20.6. The molecule has 0 saturated carbocycles. The molecular formula is C20H30N2O3S. The molecular weight excluding hydrogens is 348 g/mol. The van der Waals surface area contributed by atoms with Crippen molar-refractivity contribution in [3.8, 4) is 5.75 Å². The van der Waals surface area contributed by atoms with Crippen LogP contribution in [-0.4, -0.2) is 42.2 Å². The zero-order valence-electron chi connectivity index (χ0n) is 16.3. The molecule has 26 heavy (non-hydrogen) atoms. The van der Waals surface area contributed by atoms with Crippen LogP contribution in [0.4, 0.5) is 0 Å². The van der Waals surface area contributed by atoms with Crippen LogP contribution in [0.1, 0.15) is 45.1 Å². The molecule has 0 bridgehead atoms. The molecule has 0 spiro atoms. The number of carbonyl (C=O) groups is 2. The molecule has 0 aromatic heterocycles. The lowest BCUT2D eigenvalue weighted by atomic mass is 10.00. The Morgan fingerprint density at radius 2 is 1.96 bits per heavy atom. The molecule has 2 unspecified atom stereocenters. The van der Waals surface area contributed by atoms with E-state index in [9.17, 15) is 9.59 Å². The quantitative estimate of drug-likeness (QED) is 0.753. The van der Waals surface area contributed by atoms with Gasteiger partial charge in [0.25, 0.3) is 0 Å². The zero-order valence-corrected chi connectivity index (χ0v) is 17.1. The topological polar surface area (TPSA) is 58.6 Å². The second kappa shape index (κ2) is 9.31. The van der Waals surface area contributed by atoms with Crippen molar-refractivity contribution in [3.05, 3.63) is 29.8 Å². The summed E-state index contributed by atoms with van der Waals surface area (Å²) in [6.07, 6.45) is 0.641. The van der Waals surface area contributed by atoms with Gasteiger partial charge in [-0.15, -0.1) is 11.8 Å². The third-order valence-electron chi connectivity index (χ3n) is 4.33. The molecule has 5 nitrogen and oxygen atoms in total. The van der Waals surface area contributed by atoms with Gasteiger partial charge in [0.05, 0.1) is 12.9 Å². The number of nitrogens with one attached hydrogen (secondary N) is 1. The van der Waals surface area contributed by atoms with Gasteiger partial charge in [0.15, 0.2) is 0 Å². The molecule has 2 rings (SSSR count). The molecule has 1 aliphatic rings. The molecule has 2 atom stereocenters. The lowest BCUT2D eigenvalue weighted by molar-refractivity contribution is -0.139. The summed E-state index contributed by atoms with van der Waals surface area (Å²) in [5.74, 6) is 1.75. The van der Waals surface area contributed by atoms with Crippen LogP contribution in [0.15, 0.2) is 24.3 Å². The molecule has 6 heteroatoms. The highest BCUT2D eigenvalue weighted by molar-refractivity contribution is 8.00. The van der Waals surface area contributed by atoms with Gasteiger partial charge in [0, 0.05) is 12.1 Å². The lowest BCUT2D eigenvalue weighted by Crippen LogP contribution is -2.49. The van der Waals surface area contributed by atoms with E-state index in [0.29, 0.717) is 30.6 Å². The van der Waals surface area contributed by atoms with Crippen molar-refractivity contribution < 1.29 is 14.3 Å². The third kappa shape index (κ3) is 4.93. The minimum Gasteiger partial charge on any atom is -0.496 e. The maximum atomic E-state index is 12.9. The number of amides is 2. The molecule has 1 heterocycles. The minimum atomic E-state index is -0.467. The Morgan fingerprint density at radius 1 is 1.27 bits per heavy atom. The number of para-hydroxylation sites is 1. The molecule has 144 valence electrons. The van der Waals surface area contributed by atoms with E-state index in [4.69, 9.17) is 4.74 Å². The van der Waals surface area contributed by atoms with Gasteiger partial charge in [-0.25, -0.2) is 0 Å². The number of ether oxygens (including phenoxy) is 1. The SMILES string of the molecule is COc1ccccc1C1SCC(=O)N1C(CC(C)C)C(=O)NCC(C)C. The number of rotatable bonds is 8. The second-order valence-corrected chi connectivity index (χ2v) is 8.56. The molecule has 1 fully saturated rings. The summed E-state index contributed by atoms with van der Waals surface area (Å²) in [6.45, 7) is 8.89. The molecule has 1 aliphatic heterocycles. The first-order chi connectivity index (χ1) is 12.3. The van der Waals surface area contributed by atoms with E-state index in [1.165, 1.54) is 0 Å². The van der Waals surface area contributed by atoms with E-state index in [1.807, 2.05) is 24.3 Å². The van der Waals surface area contributed by atoms with Gasteiger partial charge in [-0.1, -0.05) is 45.9 Å². The van der Waals surface area contributed by atoms with Crippen molar-refractivity contribution in [2.24, 2.45) is 11.8 Å². The van der Waals surface area contributed by atoms with Crippen LogP contribution in [0, 0.1) is 11.8 Å². The van der Waals surface area contributed by atoms with E-state index in [1.54, 1.807) is 23.8 Å². The van der Waals surface area contributed by atoms with Crippen LogP contribution in [0.5, 0.6) is 5.75 Å². The van der Waals surface area contributed by atoms with E-state index in [2.05, 4.69) is 33.0 Å². The van der Waals surface area contributed by atoms with Crippen molar-refractivity contribution in [2.75, 3.05) is 19.4 Å². The highest BCUT2D eigenvalue weighted by Gasteiger charge is 2.41. The largest absolute Gasteiger partial charge is 0.496 e. The van der Waals surface area contributed by atoms with Crippen molar-refractivity contribution in [1.29, 1.82) is 0 Å².